The monoisotopic (exact) mass is 351 g/mol. The van der Waals surface area contributed by atoms with Crippen LogP contribution in [0.2, 0.25) is 5.02 Å². The van der Waals surface area contributed by atoms with E-state index in [1.54, 1.807) is 7.11 Å². The highest BCUT2D eigenvalue weighted by Gasteiger charge is 2.14. The Hall–Kier alpha value is -0.370. The van der Waals surface area contributed by atoms with E-state index in [2.05, 4.69) is 36.4 Å². The minimum absolute atomic E-state index is 0.0526. The highest BCUT2D eigenvalue weighted by Crippen LogP contribution is 2.20. The van der Waals surface area contributed by atoms with Crippen molar-refractivity contribution in [2.75, 3.05) is 13.7 Å². The van der Waals surface area contributed by atoms with Crippen LogP contribution in [0.25, 0.3) is 11.0 Å². The number of methoxy groups -OCH3 is 1. The van der Waals surface area contributed by atoms with Crippen LogP contribution in [-0.2, 0) is 4.74 Å². The Morgan fingerprint density at radius 3 is 3.12 bits per heavy atom. The van der Waals surface area contributed by atoms with Gasteiger partial charge in [0.05, 0.1) is 23.7 Å². The van der Waals surface area contributed by atoms with Gasteiger partial charge in [-0.3, -0.25) is 0 Å². The maximum absolute atomic E-state index is 5.91. The molecule has 4 nitrogen and oxygen atoms in total. The number of rotatable bonds is 4. The first-order valence-electron chi connectivity index (χ1n) is 4.75. The largest absolute Gasteiger partial charge is 0.383 e. The molecule has 2 N–H and O–H groups in total. The molecule has 0 saturated heterocycles. The molecule has 0 aliphatic heterocycles. The summed E-state index contributed by atoms with van der Waals surface area (Å²) >= 11 is 8.00. The molecule has 0 spiro atoms. The fraction of sp³-hybridized carbons (Fsp3) is 0.300. The molecule has 1 aromatic carbocycles. The Bertz CT molecular complexity index is 488. The van der Waals surface area contributed by atoms with Crippen molar-refractivity contribution in [2.45, 2.75) is 6.04 Å². The van der Waals surface area contributed by atoms with E-state index < -0.39 is 0 Å². The molecule has 0 aliphatic rings. The van der Waals surface area contributed by atoms with Gasteiger partial charge in [0.15, 0.2) is 0 Å². The zero-order valence-electron chi connectivity index (χ0n) is 8.63. The van der Waals surface area contributed by atoms with Crippen molar-refractivity contribution in [1.29, 1.82) is 0 Å². The first-order chi connectivity index (χ1) is 7.74. The second-order valence-corrected chi connectivity index (χ2v) is 4.46. The lowest BCUT2D eigenvalue weighted by atomic mass is 10.3. The van der Waals surface area contributed by atoms with Crippen molar-refractivity contribution in [2.24, 2.45) is 0 Å². The molecule has 1 unspecified atom stereocenters. The lowest BCUT2D eigenvalue weighted by molar-refractivity contribution is 0.175. The zero-order valence-corrected chi connectivity index (χ0v) is 11.5. The van der Waals surface area contributed by atoms with E-state index >= 15 is 0 Å². The first-order valence-corrected chi connectivity index (χ1v) is 6.20. The van der Waals surface area contributed by atoms with Crippen molar-refractivity contribution in [3.05, 3.63) is 29.0 Å². The van der Waals surface area contributed by atoms with Crippen LogP contribution in [0, 0.1) is 0 Å². The number of hydrogen-bond donors (Lipinski definition) is 2. The molecule has 2 aromatic rings. The van der Waals surface area contributed by atoms with Crippen LogP contribution in [0.1, 0.15) is 11.9 Å². The number of nitrogens with zero attached hydrogens (tertiary/aromatic N) is 1. The number of benzene rings is 1. The Labute approximate surface area is 112 Å². The third-order valence-corrected chi connectivity index (χ3v) is 3.24. The van der Waals surface area contributed by atoms with Crippen molar-refractivity contribution >= 4 is 45.5 Å². The van der Waals surface area contributed by atoms with E-state index in [0.717, 1.165) is 16.9 Å². The van der Waals surface area contributed by atoms with Crippen LogP contribution in [0.5, 0.6) is 0 Å². The molecule has 1 heterocycles. The molecule has 0 aliphatic carbocycles. The van der Waals surface area contributed by atoms with E-state index in [-0.39, 0.29) is 6.04 Å². The fourth-order valence-electron chi connectivity index (χ4n) is 1.50. The van der Waals surface area contributed by atoms with E-state index in [1.807, 2.05) is 18.2 Å². The smallest absolute Gasteiger partial charge is 0.127 e. The summed E-state index contributed by atoms with van der Waals surface area (Å²) in [6.07, 6.45) is 0. The normalized spacial score (nSPS) is 13.2. The number of nitrogens with one attached hydrogen (secondary N) is 2. The average Bonchev–Trinajstić information content (AvgIpc) is 2.68. The summed E-state index contributed by atoms with van der Waals surface area (Å²) in [5, 5.41) is 0.702. The van der Waals surface area contributed by atoms with Crippen molar-refractivity contribution < 1.29 is 4.74 Å². The Morgan fingerprint density at radius 1 is 1.62 bits per heavy atom. The van der Waals surface area contributed by atoms with Gasteiger partial charge in [-0.05, 0) is 18.2 Å². The zero-order chi connectivity index (χ0) is 11.5. The second kappa shape index (κ2) is 5.31. The van der Waals surface area contributed by atoms with Crippen LogP contribution < -0.4 is 3.53 Å². The molecule has 0 bridgehead atoms. The van der Waals surface area contributed by atoms with Crippen LogP contribution >= 0.6 is 34.5 Å². The molecule has 1 aromatic heterocycles. The van der Waals surface area contributed by atoms with Gasteiger partial charge < -0.3 is 9.72 Å². The molecule has 2 rings (SSSR count). The molecule has 0 fully saturated rings. The Kier molecular flexibility index (Phi) is 4.01. The number of fused-ring (bicyclic) bond motifs is 1. The quantitative estimate of drug-likeness (QED) is 0.658. The summed E-state index contributed by atoms with van der Waals surface area (Å²) in [5.74, 6) is 0.855. The van der Waals surface area contributed by atoms with E-state index in [9.17, 15) is 0 Å². The molecule has 16 heavy (non-hydrogen) atoms. The fourth-order valence-corrected chi connectivity index (χ4v) is 2.14. The molecule has 0 radical (unpaired) electrons. The van der Waals surface area contributed by atoms with Gasteiger partial charge in [0.25, 0.3) is 0 Å². The third kappa shape index (κ3) is 2.48. The van der Waals surface area contributed by atoms with Gasteiger partial charge in [-0.2, -0.15) is 0 Å². The SMILES string of the molecule is COCC(NI)c1nc2ccc(Cl)cc2[nH]1. The Balaban J connectivity index is 2.37. The van der Waals surface area contributed by atoms with Gasteiger partial charge in [-0.1, -0.05) is 11.6 Å². The highest BCUT2D eigenvalue weighted by molar-refractivity contribution is 14.1. The number of hydrogen-bond acceptors (Lipinski definition) is 3. The molecule has 86 valence electrons. The van der Waals surface area contributed by atoms with Gasteiger partial charge in [-0.25, -0.2) is 8.51 Å². The van der Waals surface area contributed by atoms with Gasteiger partial charge in [0.2, 0.25) is 0 Å². The van der Waals surface area contributed by atoms with Crippen molar-refractivity contribution in [3.8, 4) is 0 Å². The number of halogens is 2. The number of aromatic nitrogens is 2. The molecular formula is C10H11ClIN3O. The lowest BCUT2D eigenvalue weighted by Crippen LogP contribution is -2.17. The minimum atomic E-state index is 0.0526. The van der Waals surface area contributed by atoms with Crippen LogP contribution in [0.3, 0.4) is 0 Å². The van der Waals surface area contributed by atoms with Gasteiger partial charge in [-0.15, -0.1) is 0 Å². The van der Waals surface area contributed by atoms with Crippen molar-refractivity contribution in [1.82, 2.24) is 13.5 Å². The molecule has 6 heteroatoms. The third-order valence-electron chi connectivity index (χ3n) is 2.26. The average molecular weight is 352 g/mol. The number of aromatic amines is 1. The standard InChI is InChI=1S/C10H11ClIN3O/c1-16-5-9(15-12)10-13-7-3-2-6(11)4-8(7)14-10/h2-4,9,15H,5H2,1H3,(H,13,14). The highest BCUT2D eigenvalue weighted by atomic mass is 127. The van der Waals surface area contributed by atoms with Gasteiger partial charge in [0.1, 0.15) is 5.82 Å². The summed E-state index contributed by atoms with van der Waals surface area (Å²) in [7, 11) is 1.67. The minimum Gasteiger partial charge on any atom is -0.383 e. The van der Waals surface area contributed by atoms with Gasteiger partial charge >= 0.3 is 0 Å². The van der Waals surface area contributed by atoms with Crippen LogP contribution in [0.15, 0.2) is 18.2 Å². The predicted molar refractivity (Wildman–Crippen MR) is 72.9 cm³/mol. The summed E-state index contributed by atoms with van der Waals surface area (Å²) < 4.78 is 8.23. The summed E-state index contributed by atoms with van der Waals surface area (Å²) in [6.45, 7) is 0.566. The van der Waals surface area contributed by atoms with Crippen molar-refractivity contribution in [3.63, 3.8) is 0 Å². The predicted octanol–water partition coefficient (Wildman–Crippen LogP) is 2.84. The maximum atomic E-state index is 5.91. The second-order valence-electron chi connectivity index (χ2n) is 3.40. The first kappa shape index (κ1) is 12.1. The van der Waals surface area contributed by atoms with Gasteiger partial charge in [0, 0.05) is 35.0 Å². The number of imidazole rings is 1. The summed E-state index contributed by atoms with van der Waals surface area (Å²) in [4.78, 5) is 7.71. The lowest BCUT2D eigenvalue weighted by Gasteiger charge is -2.10. The van der Waals surface area contributed by atoms with E-state index in [1.165, 1.54) is 0 Å². The molecule has 1 atom stereocenters. The topological polar surface area (TPSA) is 49.9 Å². The Morgan fingerprint density at radius 2 is 2.44 bits per heavy atom. The maximum Gasteiger partial charge on any atom is 0.127 e. The number of H-pyrrole nitrogens is 1. The summed E-state index contributed by atoms with van der Waals surface area (Å²) in [5.41, 5.74) is 1.85. The number of ether oxygens (including phenoxy) is 1. The van der Waals surface area contributed by atoms with E-state index in [0.29, 0.717) is 11.6 Å². The molecular weight excluding hydrogens is 340 g/mol. The summed E-state index contributed by atoms with van der Waals surface area (Å²) in [6, 6.07) is 5.65. The van der Waals surface area contributed by atoms with E-state index in [4.69, 9.17) is 16.3 Å². The molecule has 0 amide bonds. The van der Waals surface area contributed by atoms with Crippen LogP contribution in [0.4, 0.5) is 0 Å². The van der Waals surface area contributed by atoms with Crippen LogP contribution in [-0.4, -0.2) is 23.7 Å². The molecule has 0 saturated carbocycles.